The van der Waals surface area contributed by atoms with E-state index in [1.807, 2.05) is 0 Å². The summed E-state index contributed by atoms with van der Waals surface area (Å²) in [7, 11) is 1.74. The third-order valence-corrected chi connectivity index (χ3v) is 4.87. The summed E-state index contributed by atoms with van der Waals surface area (Å²) in [4.78, 5) is 12.1. The van der Waals surface area contributed by atoms with Crippen LogP contribution in [0.3, 0.4) is 0 Å². The fourth-order valence-corrected chi connectivity index (χ4v) is 3.91. The summed E-state index contributed by atoms with van der Waals surface area (Å²) in [6.45, 7) is 5.53. The van der Waals surface area contributed by atoms with Gasteiger partial charge in [0.25, 0.3) is 0 Å². The van der Waals surface area contributed by atoms with E-state index in [4.69, 9.17) is 0 Å². The van der Waals surface area contributed by atoms with E-state index in [-0.39, 0.29) is 11.9 Å². The third kappa shape index (κ3) is 3.95. The molecule has 1 heterocycles. The van der Waals surface area contributed by atoms with Crippen molar-refractivity contribution >= 4 is 5.91 Å². The van der Waals surface area contributed by atoms with Gasteiger partial charge in [0.1, 0.15) is 0 Å². The summed E-state index contributed by atoms with van der Waals surface area (Å²) in [5.41, 5.74) is 0. The van der Waals surface area contributed by atoms with E-state index < -0.39 is 0 Å². The van der Waals surface area contributed by atoms with Crippen LogP contribution in [0.5, 0.6) is 0 Å². The van der Waals surface area contributed by atoms with Gasteiger partial charge in [0.2, 0.25) is 5.91 Å². The zero-order valence-electron chi connectivity index (χ0n) is 13.2. The Morgan fingerprint density at radius 3 is 2.65 bits per heavy atom. The van der Waals surface area contributed by atoms with Crippen LogP contribution in [0, 0.1) is 11.8 Å². The Morgan fingerprint density at radius 2 is 2.05 bits per heavy atom. The third-order valence-electron chi connectivity index (χ3n) is 4.87. The molecular weight excluding hydrogens is 250 g/mol. The van der Waals surface area contributed by atoms with Gasteiger partial charge in [0.15, 0.2) is 0 Å². The number of hydrogen-bond acceptors (Lipinski definition) is 3. The number of rotatable bonds is 6. The summed E-state index contributed by atoms with van der Waals surface area (Å²) in [6, 6.07) is 1.14. The highest BCUT2D eigenvalue weighted by atomic mass is 16.2. The molecule has 4 unspecified atom stereocenters. The van der Waals surface area contributed by atoms with Gasteiger partial charge in [-0.2, -0.15) is 0 Å². The Labute approximate surface area is 123 Å². The zero-order valence-corrected chi connectivity index (χ0v) is 13.2. The average Bonchev–Trinajstić information content (AvgIpc) is 3.06. The van der Waals surface area contributed by atoms with Crippen molar-refractivity contribution in [2.45, 2.75) is 70.5 Å². The topological polar surface area (TPSA) is 53.2 Å². The second-order valence-corrected chi connectivity index (χ2v) is 6.87. The molecule has 20 heavy (non-hydrogen) atoms. The fourth-order valence-electron chi connectivity index (χ4n) is 3.91. The van der Waals surface area contributed by atoms with Crippen molar-refractivity contribution < 1.29 is 4.79 Å². The van der Waals surface area contributed by atoms with Crippen LogP contribution in [0.1, 0.15) is 52.4 Å². The maximum Gasteiger partial charge on any atom is 0.236 e. The molecule has 1 aliphatic carbocycles. The molecule has 116 valence electrons. The van der Waals surface area contributed by atoms with Gasteiger partial charge in [0, 0.05) is 19.1 Å². The maximum absolute atomic E-state index is 12.1. The largest absolute Gasteiger partial charge is 0.358 e. The van der Waals surface area contributed by atoms with Crippen molar-refractivity contribution in [1.29, 1.82) is 0 Å². The monoisotopic (exact) mass is 281 g/mol. The summed E-state index contributed by atoms with van der Waals surface area (Å²) >= 11 is 0. The molecule has 1 aliphatic heterocycles. The quantitative estimate of drug-likeness (QED) is 0.694. The van der Waals surface area contributed by atoms with Crippen LogP contribution < -0.4 is 16.0 Å². The Hall–Kier alpha value is -0.610. The lowest BCUT2D eigenvalue weighted by Gasteiger charge is -2.30. The molecule has 2 rings (SSSR count). The molecule has 0 spiro atoms. The Morgan fingerprint density at radius 1 is 1.25 bits per heavy atom. The molecule has 0 radical (unpaired) electrons. The van der Waals surface area contributed by atoms with E-state index in [2.05, 4.69) is 29.8 Å². The van der Waals surface area contributed by atoms with E-state index in [1.54, 1.807) is 7.05 Å². The fraction of sp³-hybridized carbons (Fsp3) is 0.938. The van der Waals surface area contributed by atoms with Crippen molar-refractivity contribution in [2.75, 3.05) is 13.6 Å². The van der Waals surface area contributed by atoms with Gasteiger partial charge in [-0.15, -0.1) is 0 Å². The number of carbonyl (C=O) groups is 1. The molecule has 4 atom stereocenters. The number of hydrogen-bond donors (Lipinski definition) is 3. The molecule has 0 aromatic rings. The molecule has 0 aromatic heterocycles. The zero-order chi connectivity index (χ0) is 14.5. The van der Waals surface area contributed by atoms with Gasteiger partial charge >= 0.3 is 0 Å². The van der Waals surface area contributed by atoms with Gasteiger partial charge in [-0.1, -0.05) is 20.3 Å². The van der Waals surface area contributed by atoms with E-state index in [9.17, 15) is 4.79 Å². The minimum atomic E-state index is -0.0352. The molecule has 1 saturated carbocycles. The van der Waals surface area contributed by atoms with Crippen LogP contribution in [0.4, 0.5) is 0 Å². The molecule has 4 nitrogen and oxygen atoms in total. The normalized spacial score (nSPS) is 31.7. The van der Waals surface area contributed by atoms with E-state index in [1.165, 1.54) is 38.6 Å². The van der Waals surface area contributed by atoms with Crippen molar-refractivity contribution in [3.05, 3.63) is 0 Å². The molecule has 4 heteroatoms. The molecule has 1 saturated heterocycles. The molecule has 2 fully saturated rings. The number of likely N-dealkylation sites (N-methyl/N-ethyl adjacent to an activating group) is 1. The standard InChI is InChI=1S/C16H31N3O/c1-11(2)10-15(16(20)17-3)19-14-7-4-6-12(14)13-8-5-9-18-13/h11-15,18-19H,4-10H2,1-3H3,(H,17,20). The average molecular weight is 281 g/mol. The molecule has 1 amide bonds. The summed E-state index contributed by atoms with van der Waals surface area (Å²) < 4.78 is 0. The lowest BCUT2D eigenvalue weighted by molar-refractivity contribution is -0.123. The van der Waals surface area contributed by atoms with E-state index in [0.29, 0.717) is 23.9 Å². The molecule has 2 aliphatic rings. The van der Waals surface area contributed by atoms with E-state index >= 15 is 0 Å². The molecular formula is C16H31N3O. The Kier molecular flexibility index (Phi) is 5.85. The van der Waals surface area contributed by atoms with Crippen LogP contribution in [0.15, 0.2) is 0 Å². The molecule has 3 N–H and O–H groups in total. The van der Waals surface area contributed by atoms with Crippen LogP contribution in [0.25, 0.3) is 0 Å². The highest BCUT2D eigenvalue weighted by molar-refractivity contribution is 5.81. The first-order valence-electron chi connectivity index (χ1n) is 8.32. The Balaban J connectivity index is 1.95. The lowest BCUT2D eigenvalue weighted by atomic mass is 9.91. The smallest absolute Gasteiger partial charge is 0.236 e. The van der Waals surface area contributed by atoms with Gasteiger partial charge < -0.3 is 16.0 Å². The second-order valence-electron chi connectivity index (χ2n) is 6.87. The summed E-state index contributed by atoms with van der Waals surface area (Å²) in [5, 5.41) is 10.1. The van der Waals surface area contributed by atoms with Crippen molar-refractivity contribution in [3.63, 3.8) is 0 Å². The maximum atomic E-state index is 12.1. The van der Waals surface area contributed by atoms with Crippen molar-refractivity contribution in [3.8, 4) is 0 Å². The van der Waals surface area contributed by atoms with Crippen LogP contribution >= 0.6 is 0 Å². The first kappa shape index (κ1) is 15.8. The number of carbonyl (C=O) groups excluding carboxylic acids is 1. The van der Waals surface area contributed by atoms with Crippen LogP contribution in [0.2, 0.25) is 0 Å². The SMILES string of the molecule is CNC(=O)C(CC(C)C)NC1CCCC1C1CCCN1. The van der Waals surface area contributed by atoms with E-state index in [0.717, 1.165) is 6.42 Å². The van der Waals surface area contributed by atoms with Gasteiger partial charge in [-0.3, -0.25) is 4.79 Å². The predicted molar refractivity (Wildman–Crippen MR) is 82.6 cm³/mol. The van der Waals surface area contributed by atoms with Gasteiger partial charge in [-0.05, 0) is 50.5 Å². The summed E-state index contributed by atoms with van der Waals surface area (Å²) in [6.07, 6.45) is 7.34. The minimum Gasteiger partial charge on any atom is -0.358 e. The number of amides is 1. The van der Waals surface area contributed by atoms with Crippen LogP contribution in [-0.4, -0.2) is 37.6 Å². The molecule has 0 bridgehead atoms. The summed E-state index contributed by atoms with van der Waals surface area (Å²) in [5.74, 6) is 1.38. The first-order chi connectivity index (χ1) is 9.61. The molecule has 0 aromatic carbocycles. The second kappa shape index (κ2) is 7.41. The lowest BCUT2D eigenvalue weighted by Crippen LogP contribution is -2.51. The first-order valence-corrected chi connectivity index (χ1v) is 8.32. The van der Waals surface area contributed by atoms with Crippen molar-refractivity contribution in [1.82, 2.24) is 16.0 Å². The van der Waals surface area contributed by atoms with Crippen LogP contribution in [-0.2, 0) is 4.79 Å². The Bertz CT molecular complexity index is 313. The highest BCUT2D eigenvalue weighted by Gasteiger charge is 2.36. The van der Waals surface area contributed by atoms with Crippen molar-refractivity contribution in [2.24, 2.45) is 11.8 Å². The van der Waals surface area contributed by atoms with Gasteiger partial charge in [-0.25, -0.2) is 0 Å². The minimum absolute atomic E-state index is 0.0352. The number of nitrogens with one attached hydrogen (secondary N) is 3. The van der Waals surface area contributed by atoms with Gasteiger partial charge in [0.05, 0.1) is 6.04 Å². The highest BCUT2D eigenvalue weighted by Crippen LogP contribution is 2.32. The predicted octanol–water partition coefficient (Wildman–Crippen LogP) is 1.66.